The summed E-state index contributed by atoms with van der Waals surface area (Å²) in [6, 6.07) is 8.42. The van der Waals surface area contributed by atoms with Crippen LogP contribution in [0.4, 0.5) is 5.69 Å². The number of hydrogen-bond donors (Lipinski definition) is 0. The number of nitrogens with zero attached hydrogens (tertiary/aromatic N) is 1. The van der Waals surface area contributed by atoms with E-state index in [2.05, 4.69) is 43.1 Å². The number of benzene rings is 1. The van der Waals surface area contributed by atoms with E-state index < -0.39 is 0 Å². The topological polar surface area (TPSA) is 12.4 Å². The number of aryl methyl sites for hydroxylation is 1. The zero-order chi connectivity index (χ0) is 10.2. The van der Waals surface area contributed by atoms with Gasteiger partial charge in [-0.1, -0.05) is 38.5 Å². The van der Waals surface area contributed by atoms with Crippen molar-refractivity contribution in [2.75, 3.05) is 0 Å². The first-order valence-electron chi connectivity index (χ1n) is 5.49. The molecule has 0 aliphatic heterocycles. The molecule has 0 heterocycles. The van der Waals surface area contributed by atoms with E-state index in [9.17, 15) is 0 Å². The van der Waals surface area contributed by atoms with Crippen molar-refractivity contribution in [1.82, 2.24) is 0 Å². The maximum absolute atomic E-state index is 4.45. The lowest BCUT2D eigenvalue weighted by Gasteiger charge is -2.03. The van der Waals surface area contributed by atoms with Gasteiger partial charge in [-0.3, -0.25) is 4.99 Å². The Balaban J connectivity index is 2.74. The fourth-order valence-corrected chi connectivity index (χ4v) is 1.41. The minimum absolute atomic E-state index is 1.00. The zero-order valence-electron chi connectivity index (χ0n) is 9.16. The van der Waals surface area contributed by atoms with Crippen molar-refractivity contribution in [2.24, 2.45) is 4.99 Å². The van der Waals surface area contributed by atoms with Gasteiger partial charge in [0.05, 0.1) is 5.69 Å². The second-order valence-electron chi connectivity index (χ2n) is 3.45. The lowest BCUT2D eigenvalue weighted by Crippen LogP contribution is -1.85. The van der Waals surface area contributed by atoms with Crippen molar-refractivity contribution in [1.29, 1.82) is 0 Å². The van der Waals surface area contributed by atoms with Crippen molar-refractivity contribution in [3.63, 3.8) is 0 Å². The van der Waals surface area contributed by atoms with Gasteiger partial charge in [0.2, 0.25) is 0 Å². The van der Waals surface area contributed by atoms with Gasteiger partial charge in [-0.2, -0.15) is 0 Å². The van der Waals surface area contributed by atoms with Crippen LogP contribution in [-0.2, 0) is 6.42 Å². The largest absolute Gasteiger partial charge is 0.261 e. The van der Waals surface area contributed by atoms with Gasteiger partial charge >= 0.3 is 0 Å². The van der Waals surface area contributed by atoms with Gasteiger partial charge in [-0.25, -0.2) is 0 Å². The molecule has 0 atom stereocenters. The molecule has 0 unspecified atom stereocenters. The summed E-state index contributed by atoms with van der Waals surface area (Å²) in [5, 5.41) is 0. The molecule has 0 fully saturated rings. The number of rotatable bonds is 5. The highest BCUT2D eigenvalue weighted by Crippen LogP contribution is 2.20. The Morgan fingerprint density at radius 3 is 2.71 bits per heavy atom. The lowest BCUT2D eigenvalue weighted by molar-refractivity contribution is 0.795. The quantitative estimate of drug-likeness (QED) is 0.617. The molecule has 0 amide bonds. The number of unbranched alkanes of at least 4 members (excludes halogenated alkanes) is 1. The van der Waals surface area contributed by atoms with Crippen molar-refractivity contribution in [3.8, 4) is 0 Å². The monoisotopic (exact) mass is 189 g/mol. The molecule has 1 nitrogen and oxygen atoms in total. The Morgan fingerprint density at radius 1 is 1.21 bits per heavy atom. The lowest BCUT2D eigenvalue weighted by atomic mass is 10.1. The Hall–Kier alpha value is -1.11. The first-order valence-corrected chi connectivity index (χ1v) is 5.49. The summed E-state index contributed by atoms with van der Waals surface area (Å²) >= 11 is 0. The maximum Gasteiger partial charge on any atom is 0.0657 e. The van der Waals surface area contributed by atoms with E-state index in [1.165, 1.54) is 18.4 Å². The highest BCUT2D eigenvalue weighted by atomic mass is 14.7. The van der Waals surface area contributed by atoms with Gasteiger partial charge in [-0.05, 0) is 30.9 Å². The van der Waals surface area contributed by atoms with Gasteiger partial charge in [0.15, 0.2) is 0 Å². The Labute approximate surface area is 86.9 Å². The number of hydrogen-bond acceptors (Lipinski definition) is 1. The molecule has 0 N–H and O–H groups in total. The minimum Gasteiger partial charge on any atom is -0.261 e. The molecule has 0 aliphatic rings. The Kier molecular flexibility index (Phi) is 4.98. The SMILES string of the molecule is CCC=Nc1ccccc1CCCC. The standard InChI is InChI=1S/C13H19N/c1-3-5-8-12-9-6-7-10-13(12)14-11-4-2/h6-7,9-11H,3-5,8H2,1-2H3. The maximum atomic E-state index is 4.45. The van der Waals surface area contributed by atoms with Crippen molar-refractivity contribution >= 4 is 11.9 Å². The molecule has 1 aromatic carbocycles. The number of para-hydroxylation sites is 1. The molecule has 0 saturated heterocycles. The van der Waals surface area contributed by atoms with Gasteiger partial charge in [-0.15, -0.1) is 0 Å². The van der Waals surface area contributed by atoms with Crippen LogP contribution in [0, 0.1) is 0 Å². The summed E-state index contributed by atoms with van der Waals surface area (Å²) in [6.07, 6.45) is 6.62. The summed E-state index contributed by atoms with van der Waals surface area (Å²) < 4.78 is 0. The van der Waals surface area contributed by atoms with E-state index in [1.54, 1.807) is 0 Å². The summed E-state index contributed by atoms with van der Waals surface area (Å²) in [7, 11) is 0. The average Bonchev–Trinajstić information content (AvgIpc) is 2.24. The fraction of sp³-hybridized carbons (Fsp3) is 0.462. The summed E-state index contributed by atoms with van der Waals surface area (Å²) in [6.45, 7) is 4.33. The molecular formula is C13H19N. The van der Waals surface area contributed by atoms with Crippen molar-refractivity contribution in [2.45, 2.75) is 39.5 Å². The smallest absolute Gasteiger partial charge is 0.0657 e. The number of aliphatic imine (C=N–C) groups is 1. The molecule has 1 aromatic rings. The molecule has 0 saturated carbocycles. The molecule has 76 valence electrons. The normalized spacial score (nSPS) is 11.0. The van der Waals surface area contributed by atoms with Crippen molar-refractivity contribution in [3.05, 3.63) is 29.8 Å². The minimum atomic E-state index is 1.00. The molecular weight excluding hydrogens is 170 g/mol. The van der Waals surface area contributed by atoms with Gasteiger partial charge < -0.3 is 0 Å². The Bertz CT molecular complexity index is 289. The summed E-state index contributed by atoms with van der Waals surface area (Å²) in [4.78, 5) is 4.45. The van der Waals surface area contributed by atoms with Crippen LogP contribution in [0.15, 0.2) is 29.3 Å². The second-order valence-corrected chi connectivity index (χ2v) is 3.45. The van der Waals surface area contributed by atoms with E-state index in [0.717, 1.165) is 18.5 Å². The molecule has 0 spiro atoms. The van der Waals surface area contributed by atoms with E-state index in [1.807, 2.05) is 6.21 Å². The molecule has 14 heavy (non-hydrogen) atoms. The average molecular weight is 189 g/mol. The molecule has 1 heteroatoms. The molecule has 1 rings (SSSR count). The highest BCUT2D eigenvalue weighted by Gasteiger charge is 1.97. The van der Waals surface area contributed by atoms with Crippen LogP contribution in [0.2, 0.25) is 0 Å². The Morgan fingerprint density at radius 2 is 2.00 bits per heavy atom. The third kappa shape index (κ3) is 3.33. The first-order chi connectivity index (χ1) is 6.88. The fourth-order valence-electron chi connectivity index (χ4n) is 1.41. The third-order valence-corrected chi connectivity index (χ3v) is 2.20. The zero-order valence-corrected chi connectivity index (χ0v) is 9.16. The van der Waals surface area contributed by atoms with Crippen LogP contribution in [-0.4, -0.2) is 6.21 Å². The van der Waals surface area contributed by atoms with E-state index in [-0.39, 0.29) is 0 Å². The van der Waals surface area contributed by atoms with E-state index in [0.29, 0.717) is 0 Å². The van der Waals surface area contributed by atoms with E-state index in [4.69, 9.17) is 0 Å². The summed E-state index contributed by atoms with van der Waals surface area (Å²) in [5.41, 5.74) is 2.52. The second kappa shape index (κ2) is 6.36. The van der Waals surface area contributed by atoms with Crippen LogP contribution in [0.25, 0.3) is 0 Å². The van der Waals surface area contributed by atoms with Crippen molar-refractivity contribution < 1.29 is 0 Å². The molecule has 0 aromatic heterocycles. The van der Waals surface area contributed by atoms with E-state index >= 15 is 0 Å². The van der Waals surface area contributed by atoms with Gasteiger partial charge in [0.25, 0.3) is 0 Å². The third-order valence-electron chi connectivity index (χ3n) is 2.20. The van der Waals surface area contributed by atoms with Gasteiger partial charge in [0.1, 0.15) is 0 Å². The highest BCUT2D eigenvalue weighted by molar-refractivity contribution is 5.64. The predicted octanol–water partition coefficient (Wildman–Crippen LogP) is 4.14. The van der Waals surface area contributed by atoms with Crippen LogP contribution in [0.1, 0.15) is 38.7 Å². The first kappa shape index (κ1) is 11.0. The van der Waals surface area contributed by atoms with Crippen LogP contribution < -0.4 is 0 Å². The van der Waals surface area contributed by atoms with Gasteiger partial charge in [0, 0.05) is 6.21 Å². The molecule has 0 aliphatic carbocycles. The molecule has 0 bridgehead atoms. The molecule has 0 radical (unpaired) electrons. The predicted molar refractivity (Wildman–Crippen MR) is 63.5 cm³/mol. The summed E-state index contributed by atoms with van der Waals surface area (Å²) in [5.74, 6) is 0. The van der Waals surface area contributed by atoms with Crippen LogP contribution in [0.3, 0.4) is 0 Å². The van der Waals surface area contributed by atoms with Crippen LogP contribution in [0.5, 0.6) is 0 Å². The van der Waals surface area contributed by atoms with Crippen LogP contribution >= 0.6 is 0 Å².